The predicted molar refractivity (Wildman–Crippen MR) is 180 cm³/mol. The smallest absolute Gasteiger partial charge is 0.165 e. The van der Waals surface area contributed by atoms with Crippen molar-refractivity contribution in [2.75, 3.05) is 39.0 Å². The summed E-state index contributed by atoms with van der Waals surface area (Å²) in [6.45, 7) is 9.09. The van der Waals surface area contributed by atoms with Crippen LogP contribution in [0.2, 0.25) is 0 Å². The number of nitrogens with zero attached hydrogens (tertiary/aromatic N) is 6. The number of fused-ring (bicyclic) bond motifs is 1. The lowest BCUT2D eigenvalue weighted by Gasteiger charge is -2.41. The van der Waals surface area contributed by atoms with Crippen LogP contribution in [0.1, 0.15) is 56.7 Å². The van der Waals surface area contributed by atoms with Crippen molar-refractivity contribution in [1.82, 2.24) is 34.9 Å². The minimum atomic E-state index is -0.769. The molecular weight excluding hydrogens is 567 g/mol. The molecule has 3 aliphatic rings. The van der Waals surface area contributed by atoms with Crippen LogP contribution in [0.3, 0.4) is 0 Å². The maximum atomic E-state index is 7.06. The van der Waals surface area contributed by atoms with E-state index in [-0.39, 0.29) is 0 Å². The molecule has 4 aromatic rings. The van der Waals surface area contributed by atoms with Gasteiger partial charge in [-0.05, 0) is 44.2 Å². The molecule has 5 N–H and O–H groups in total. The van der Waals surface area contributed by atoms with Gasteiger partial charge in [-0.2, -0.15) is 5.10 Å². The number of anilines is 1. The minimum absolute atomic E-state index is 0.298. The van der Waals surface area contributed by atoms with Gasteiger partial charge in [0.1, 0.15) is 17.8 Å². The molecule has 1 atom stereocenters. The summed E-state index contributed by atoms with van der Waals surface area (Å²) in [4.78, 5) is 14.6. The van der Waals surface area contributed by atoms with E-state index in [0.29, 0.717) is 23.8 Å². The van der Waals surface area contributed by atoms with Crippen LogP contribution < -0.4 is 16.8 Å². The molecule has 2 aromatic heterocycles. The van der Waals surface area contributed by atoms with Crippen molar-refractivity contribution in [1.29, 1.82) is 0 Å². The van der Waals surface area contributed by atoms with Gasteiger partial charge in [0.2, 0.25) is 0 Å². The first-order valence-corrected chi connectivity index (χ1v) is 16.7. The molecule has 9 nitrogen and oxygen atoms in total. The number of nitrogens with two attached hydrogens (primary N) is 2. The predicted octanol–water partition coefficient (Wildman–Crippen LogP) is 5.24. The molecule has 0 amide bonds. The molecule has 1 aliphatic carbocycles. The molecule has 1 unspecified atom stereocenters. The molecule has 10 heteroatoms. The molecule has 2 fully saturated rings. The molecule has 2 aliphatic heterocycles. The highest BCUT2D eigenvalue weighted by Gasteiger charge is 2.39. The second-order valence-corrected chi connectivity index (χ2v) is 14.1. The van der Waals surface area contributed by atoms with Gasteiger partial charge in [-0.15, -0.1) is 0 Å². The molecular formula is C34H43N9S. The third-order valence-corrected chi connectivity index (χ3v) is 11.1. The number of allylic oxidation sites excluding steroid dienone is 1. The highest BCUT2D eigenvalue weighted by atomic mass is 32.2. The van der Waals surface area contributed by atoms with Gasteiger partial charge in [0.15, 0.2) is 10.6 Å². The molecule has 2 aromatic carbocycles. The lowest BCUT2D eigenvalue weighted by atomic mass is 9.90. The SMILES string of the molecule is CC(C)C1=C(c2ccccc2)NC(N)(c2ccc(-c3nn(C4CCC(N5CCN(C)CC5)CC4)c4ncnc(N)c34)cc2)S1. The van der Waals surface area contributed by atoms with Crippen LogP contribution in [0.4, 0.5) is 5.82 Å². The third-order valence-electron chi connectivity index (χ3n) is 9.59. The summed E-state index contributed by atoms with van der Waals surface area (Å²) in [5, 5.41) is 9.66. The maximum Gasteiger partial charge on any atom is 0.165 e. The average Bonchev–Trinajstić information content (AvgIpc) is 3.63. The van der Waals surface area contributed by atoms with E-state index in [1.165, 1.54) is 30.8 Å². The topological polar surface area (TPSA) is 114 Å². The van der Waals surface area contributed by atoms with Crippen molar-refractivity contribution in [2.24, 2.45) is 11.7 Å². The Hall–Kier alpha value is -3.44. The largest absolute Gasteiger partial charge is 0.383 e. The van der Waals surface area contributed by atoms with E-state index < -0.39 is 4.99 Å². The normalized spacial score (nSPS) is 25.2. The first-order chi connectivity index (χ1) is 21.3. The second kappa shape index (κ2) is 11.8. The van der Waals surface area contributed by atoms with Gasteiger partial charge < -0.3 is 16.0 Å². The Kier molecular flexibility index (Phi) is 7.86. The number of aromatic nitrogens is 4. The van der Waals surface area contributed by atoms with Crippen molar-refractivity contribution < 1.29 is 0 Å². The number of hydrogen-bond acceptors (Lipinski definition) is 9. The highest BCUT2D eigenvalue weighted by Crippen LogP contribution is 2.48. The van der Waals surface area contributed by atoms with Gasteiger partial charge in [-0.1, -0.05) is 80.2 Å². The monoisotopic (exact) mass is 609 g/mol. The van der Waals surface area contributed by atoms with Crippen LogP contribution in [-0.2, 0) is 4.99 Å². The highest BCUT2D eigenvalue weighted by molar-refractivity contribution is 8.04. The van der Waals surface area contributed by atoms with Crippen LogP contribution in [0.5, 0.6) is 0 Å². The van der Waals surface area contributed by atoms with Crippen molar-refractivity contribution in [3.63, 3.8) is 0 Å². The van der Waals surface area contributed by atoms with E-state index in [4.69, 9.17) is 16.6 Å². The average molecular weight is 610 g/mol. The number of rotatable bonds is 6. The van der Waals surface area contributed by atoms with Crippen molar-refractivity contribution in [3.8, 4) is 11.3 Å². The van der Waals surface area contributed by atoms with E-state index in [2.05, 4.69) is 99.2 Å². The van der Waals surface area contributed by atoms with Gasteiger partial charge in [0, 0.05) is 48.3 Å². The van der Waals surface area contributed by atoms with Crippen LogP contribution >= 0.6 is 11.8 Å². The maximum absolute atomic E-state index is 7.06. The Morgan fingerprint density at radius 3 is 2.25 bits per heavy atom. The third kappa shape index (κ3) is 5.38. The Morgan fingerprint density at radius 1 is 0.886 bits per heavy atom. The van der Waals surface area contributed by atoms with Gasteiger partial charge in [-0.25, -0.2) is 14.6 Å². The van der Waals surface area contributed by atoms with Crippen molar-refractivity contribution >= 4 is 34.3 Å². The minimum Gasteiger partial charge on any atom is -0.383 e. The lowest BCUT2D eigenvalue weighted by molar-refractivity contribution is 0.0815. The Labute approximate surface area is 264 Å². The molecule has 0 radical (unpaired) electrons. The molecule has 230 valence electrons. The van der Waals surface area contributed by atoms with Crippen LogP contribution in [0.15, 0.2) is 65.8 Å². The standard InChI is InChI=1S/C34H43N9S/c1-22(2)31-30(23-7-5-4-6-8-23)39-34(36,44-31)25-11-9-24(10-12-25)29-28-32(35)37-21-38-33(28)43(40-29)27-15-13-26(14-16-27)42-19-17-41(3)18-20-42/h4-12,21-22,26-27,39H,13-20,36H2,1-3H3,(H2,35,37,38). The van der Waals surface area contributed by atoms with Gasteiger partial charge in [0.05, 0.1) is 17.1 Å². The van der Waals surface area contributed by atoms with E-state index >= 15 is 0 Å². The fourth-order valence-corrected chi connectivity index (χ4v) is 8.30. The summed E-state index contributed by atoms with van der Waals surface area (Å²) in [6, 6.07) is 19.8. The molecule has 44 heavy (non-hydrogen) atoms. The number of hydrogen-bond donors (Lipinski definition) is 3. The molecule has 7 rings (SSSR count). The quantitative estimate of drug-likeness (QED) is 0.270. The van der Waals surface area contributed by atoms with Gasteiger partial charge in [-0.3, -0.25) is 10.6 Å². The number of benzene rings is 2. The second-order valence-electron chi connectivity index (χ2n) is 12.9. The van der Waals surface area contributed by atoms with Crippen molar-refractivity contribution in [3.05, 3.63) is 77.0 Å². The van der Waals surface area contributed by atoms with Crippen molar-refractivity contribution in [2.45, 2.75) is 56.6 Å². The summed E-state index contributed by atoms with van der Waals surface area (Å²) >= 11 is 1.70. The van der Waals surface area contributed by atoms with E-state index in [0.717, 1.165) is 65.0 Å². The summed E-state index contributed by atoms with van der Waals surface area (Å²) < 4.78 is 2.13. The summed E-state index contributed by atoms with van der Waals surface area (Å²) in [5.41, 5.74) is 19.4. The fraction of sp³-hybridized carbons (Fsp3) is 0.441. The first kappa shape index (κ1) is 29.3. The van der Waals surface area contributed by atoms with Crippen LogP contribution in [0, 0.1) is 5.92 Å². The van der Waals surface area contributed by atoms with E-state index in [1.807, 2.05) is 6.07 Å². The number of nitrogen functional groups attached to an aromatic ring is 1. The number of likely N-dealkylation sites (N-methyl/N-ethyl adjacent to an activating group) is 1. The summed E-state index contributed by atoms with van der Waals surface area (Å²) in [5.74, 6) is 0.815. The number of thioether (sulfide) groups is 1. The van der Waals surface area contributed by atoms with E-state index in [9.17, 15) is 0 Å². The number of nitrogens with one attached hydrogen (secondary N) is 1. The Morgan fingerprint density at radius 2 is 1.57 bits per heavy atom. The zero-order chi connectivity index (χ0) is 30.4. The number of piperazine rings is 1. The lowest BCUT2D eigenvalue weighted by Crippen LogP contribution is -2.49. The first-order valence-electron chi connectivity index (χ1n) is 15.9. The van der Waals surface area contributed by atoms with Crippen LogP contribution in [-0.4, -0.2) is 68.8 Å². The zero-order valence-corrected chi connectivity index (χ0v) is 26.7. The molecule has 1 saturated heterocycles. The molecule has 0 spiro atoms. The van der Waals surface area contributed by atoms with Gasteiger partial charge >= 0.3 is 0 Å². The summed E-state index contributed by atoms with van der Waals surface area (Å²) in [6.07, 6.45) is 6.10. The molecule has 0 bridgehead atoms. The van der Waals surface area contributed by atoms with E-state index in [1.54, 1.807) is 18.1 Å². The Balaban J connectivity index is 1.14. The molecule has 4 heterocycles. The Bertz CT molecular complexity index is 1650. The molecule has 1 saturated carbocycles. The van der Waals surface area contributed by atoms with Crippen LogP contribution in [0.25, 0.3) is 28.0 Å². The van der Waals surface area contributed by atoms with Gasteiger partial charge in [0.25, 0.3) is 0 Å². The fourth-order valence-electron chi connectivity index (χ4n) is 7.04. The zero-order valence-electron chi connectivity index (χ0n) is 25.9. The summed E-state index contributed by atoms with van der Waals surface area (Å²) in [7, 11) is 2.22.